The highest BCUT2D eigenvalue weighted by Crippen LogP contribution is 2.12. The van der Waals surface area contributed by atoms with E-state index >= 15 is 0 Å². The van der Waals surface area contributed by atoms with Crippen molar-refractivity contribution >= 4 is 11.8 Å². The molecule has 26 heavy (non-hydrogen) atoms. The lowest BCUT2D eigenvalue weighted by atomic mass is 10.2. The number of rotatable bonds is 5. The van der Waals surface area contributed by atoms with Crippen LogP contribution in [0.4, 0.5) is 4.39 Å². The molecule has 3 rings (SSSR count). The van der Waals surface area contributed by atoms with E-state index in [2.05, 4.69) is 4.98 Å². The monoisotopic (exact) mass is 359 g/mol. The number of H-pyrrole nitrogens is 1. The van der Waals surface area contributed by atoms with Gasteiger partial charge in [0.15, 0.2) is 6.61 Å². The number of aromatic amines is 1. The number of ether oxygens (including phenoxy) is 1. The Morgan fingerprint density at radius 2 is 1.69 bits per heavy atom. The van der Waals surface area contributed by atoms with Gasteiger partial charge in [-0.25, -0.2) is 4.39 Å². The number of hydrogen-bond donors (Lipinski definition) is 1. The Balaban J connectivity index is 1.47. The van der Waals surface area contributed by atoms with Crippen LogP contribution in [0.25, 0.3) is 0 Å². The summed E-state index contributed by atoms with van der Waals surface area (Å²) in [6, 6.07) is 7.46. The number of amides is 2. The van der Waals surface area contributed by atoms with Gasteiger partial charge in [-0.2, -0.15) is 0 Å². The summed E-state index contributed by atoms with van der Waals surface area (Å²) < 4.78 is 18.3. The second kappa shape index (κ2) is 8.51. The first-order valence-electron chi connectivity index (χ1n) is 8.67. The van der Waals surface area contributed by atoms with E-state index in [0.717, 1.165) is 12.0 Å². The Morgan fingerprint density at radius 1 is 1.00 bits per heavy atom. The summed E-state index contributed by atoms with van der Waals surface area (Å²) in [5, 5.41) is 0. The molecule has 1 saturated heterocycles. The summed E-state index contributed by atoms with van der Waals surface area (Å²) in [4.78, 5) is 31.2. The van der Waals surface area contributed by atoms with Gasteiger partial charge in [0.25, 0.3) is 5.91 Å². The van der Waals surface area contributed by atoms with Crippen LogP contribution in [0.5, 0.6) is 5.75 Å². The summed E-state index contributed by atoms with van der Waals surface area (Å²) in [6.07, 6.45) is 4.72. The second-order valence-electron chi connectivity index (χ2n) is 6.25. The number of carbonyl (C=O) groups excluding carboxylic acids is 2. The van der Waals surface area contributed by atoms with Crippen molar-refractivity contribution < 1.29 is 18.7 Å². The third-order valence-corrected chi connectivity index (χ3v) is 4.39. The van der Waals surface area contributed by atoms with E-state index in [4.69, 9.17) is 4.74 Å². The average Bonchev–Trinajstić information content (AvgIpc) is 3.02. The van der Waals surface area contributed by atoms with Gasteiger partial charge in [0.1, 0.15) is 11.6 Å². The minimum atomic E-state index is -0.347. The lowest BCUT2D eigenvalue weighted by molar-refractivity contribution is -0.134. The summed E-state index contributed by atoms with van der Waals surface area (Å²) in [5.74, 6) is 0.0502. The predicted molar refractivity (Wildman–Crippen MR) is 94.2 cm³/mol. The maximum absolute atomic E-state index is 12.9. The molecule has 1 aromatic carbocycles. The Labute approximate surface area is 151 Å². The summed E-state index contributed by atoms with van der Waals surface area (Å²) >= 11 is 0. The van der Waals surface area contributed by atoms with Gasteiger partial charge >= 0.3 is 0 Å². The molecular weight excluding hydrogens is 337 g/mol. The third kappa shape index (κ3) is 4.84. The molecule has 7 heteroatoms. The number of benzene rings is 1. The van der Waals surface area contributed by atoms with Crippen LogP contribution in [0.1, 0.15) is 12.0 Å². The van der Waals surface area contributed by atoms with E-state index in [1.165, 1.54) is 24.3 Å². The van der Waals surface area contributed by atoms with Gasteiger partial charge in [0.05, 0.1) is 6.42 Å². The molecule has 1 N–H and O–H groups in total. The van der Waals surface area contributed by atoms with Crippen LogP contribution in [0.3, 0.4) is 0 Å². The summed E-state index contributed by atoms with van der Waals surface area (Å²) in [7, 11) is 0. The average molecular weight is 359 g/mol. The Hall–Kier alpha value is -2.83. The topological polar surface area (TPSA) is 65.6 Å². The van der Waals surface area contributed by atoms with E-state index in [0.29, 0.717) is 38.3 Å². The largest absolute Gasteiger partial charge is 0.484 e. The fourth-order valence-corrected chi connectivity index (χ4v) is 2.94. The van der Waals surface area contributed by atoms with Crippen LogP contribution in [-0.4, -0.2) is 59.4 Å². The van der Waals surface area contributed by atoms with E-state index in [-0.39, 0.29) is 24.2 Å². The molecule has 1 aromatic heterocycles. The minimum absolute atomic E-state index is 0.0708. The van der Waals surface area contributed by atoms with Gasteiger partial charge in [-0.15, -0.1) is 0 Å². The molecule has 0 saturated carbocycles. The molecule has 138 valence electrons. The molecule has 0 spiro atoms. The van der Waals surface area contributed by atoms with E-state index in [1.807, 2.05) is 12.3 Å². The third-order valence-electron chi connectivity index (χ3n) is 4.39. The van der Waals surface area contributed by atoms with Crippen LogP contribution in [-0.2, 0) is 16.0 Å². The van der Waals surface area contributed by atoms with Crippen molar-refractivity contribution in [1.29, 1.82) is 0 Å². The molecule has 0 atom stereocenters. The molecule has 2 heterocycles. The Morgan fingerprint density at radius 3 is 2.35 bits per heavy atom. The van der Waals surface area contributed by atoms with Gasteiger partial charge in [-0.3, -0.25) is 9.59 Å². The number of nitrogens with zero attached hydrogens (tertiary/aromatic N) is 2. The molecule has 0 unspecified atom stereocenters. The normalized spacial score (nSPS) is 14.8. The lowest BCUT2D eigenvalue weighted by Crippen LogP contribution is -2.39. The maximum Gasteiger partial charge on any atom is 0.260 e. The fourth-order valence-electron chi connectivity index (χ4n) is 2.94. The van der Waals surface area contributed by atoms with Gasteiger partial charge in [-0.1, -0.05) is 0 Å². The standard InChI is InChI=1S/C19H22FN3O3/c20-16-2-4-17(5-3-16)26-14-19(25)23-9-1-8-22(10-11-23)18(24)12-15-6-7-21-13-15/h2-7,13,21H,1,8-12,14H2. The highest BCUT2D eigenvalue weighted by molar-refractivity contribution is 5.80. The van der Waals surface area contributed by atoms with Gasteiger partial charge in [-0.05, 0) is 42.3 Å². The Bertz CT molecular complexity index is 731. The van der Waals surface area contributed by atoms with Crippen molar-refractivity contribution in [3.63, 3.8) is 0 Å². The van der Waals surface area contributed by atoms with Crippen molar-refractivity contribution in [2.24, 2.45) is 0 Å². The number of carbonyl (C=O) groups is 2. The van der Waals surface area contributed by atoms with Crippen molar-refractivity contribution in [1.82, 2.24) is 14.8 Å². The van der Waals surface area contributed by atoms with Gasteiger partial charge in [0, 0.05) is 38.6 Å². The number of aromatic nitrogens is 1. The van der Waals surface area contributed by atoms with Crippen LogP contribution < -0.4 is 4.74 Å². The molecule has 0 radical (unpaired) electrons. The molecule has 0 bridgehead atoms. The van der Waals surface area contributed by atoms with Crippen molar-refractivity contribution in [3.8, 4) is 5.75 Å². The number of nitrogens with one attached hydrogen (secondary N) is 1. The molecule has 2 amide bonds. The highest BCUT2D eigenvalue weighted by Gasteiger charge is 2.22. The van der Waals surface area contributed by atoms with Gasteiger partial charge < -0.3 is 19.5 Å². The highest BCUT2D eigenvalue weighted by atomic mass is 19.1. The fraction of sp³-hybridized carbons (Fsp3) is 0.368. The quantitative estimate of drug-likeness (QED) is 0.886. The smallest absolute Gasteiger partial charge is 0.260 e. The molecular formula is C19H22FN3O3. The van der Waals surface area contributed by atoms with Crippen molar-refractivity contribution in [2.75, 3.05) is 32.8 Å². The molecule has 0 aliphatic carbocycles. The minimum Gasteiger partial charge on any atom is -0.484 e. The van der Waals surface area contributed by atoms with Crippen molar-refractivity contribution in [2.45, 2.75) is 12.8 Å². The predicted octanol–water partition coefficient (Wildman–Crippen LogP) is 1.84. The number of halogens is 1. The Kier molecular flexibility index (Phi) is 5.88. The van der Waals surface area contributed by atoms with Crippen LogP contribution >= 0.6 is 0 Å². The lowest BCUT2D eigenvalue weighted by Gasteiger charge is -2.22. The SMILES string of the molecule is O=C(COc1ccc(F)cc1)N1CCCN(C(=O)Cc2cc[nH]c2)CC1. The van der Waals surface area contributed by atoms with E-state index in [1.54, 1.807) is 16.0 Å². The zero-order chi connectivity index (χ0) is 18.4. The number of hydrogen-bond acceptors (Lipinski definition) is 3. The molecule has 1 fully saturated rings. The summed E-state index contributed by atoms with van der Waals surface area (Å²) in [6.45, 7) is 2.16. The van der Waals surface area contributed by atoms with Crippen LogP contribution in [0, 0.1) is 5.82 Å². The second-order valence-corrected chi connectivity index (χ2v) is 6.25. The molecule has 1 aliphatic rings. The molecule has 2 aromatic rings. The van der Waals surface area contributed by atoms with Crippen LogP contribution in [0.15, 0.2) is 42.7 Å². The maximum atomic E-state index is 12.9. The first-order chi connectivity index (χ1) is 12.6. The zero-order valence-corrected chi connectivity index (χ0v) is 14.5. The summed E-state index contributed by atoms with van der Waals surface area (Å²) in [5.41, 5.74) is 0.958. The zero-order valence-electron chi connectivity index (χ0n) is 14.5. The molecule has 1 aliphatic heterocycles. The van der Waals surface area contributed by atoms with E-state index in [9.17, 15) is 14.0 Å². The van der Waals surface area contributed by atoms with E-state index < -0.39 is 0 Å². The first kappa shape index (κ1) is 18.0. The first-order valence-corrected chi connectivity index (χ1v) is 8.67. The molecule has 6 nitrogen and oxygen atoms in total. The van der Waals surface area contributed by atoms with Crippen LogP contribution in [0.2, 0.25) is 0 Å². The van der Waals surface area contributed by atoms with Crippen molar-refractivity contribution in [3.05, 3.63) is 54.1 Å². The van der Waals surface area contributed by atoms with Gasteiger partial charge in [0.2, 0.25) is 5.91 Å².